The van der Waals surface area contributed by atoms with Crippen molar-refractivity contribution in [2.75, 3.05) is 5.75 Å². The molecule has 0 unspecified atom stereocenters. The third-order valence-electron chi connectivity index (χ3n) is 1.39. The molecular weight excluding hydrogens is 218 g/mol. The fourth-order valence-corrected chi connectivity index (χ4v) is 3.65. The van der Waals surface area contributed by atoms with Gasteiger partial charge in [-0.05, 0) is 6.92 Å². The van der Waals surface area contributed by atoms with Crippen molar-refractivity contribution in [3.63, 3.8) is 0 Å². The van der Waals surface area contributed by atoms with Crippen molar-refractivity contribution in [3.05, 3.63) is 10.2 Å². The summed E-state index contributed by atoms with van der Waals surface area (Å²) in [6, 6.07) is 0. The predicted octanol–water partition coefficient (Wildman–Crippen LogP) is 1.90. The zero-order chi connectivity index (χ0) is 9.35. The third kappa shape index (κ3) is 1.78. The van der Waals surface area contributed by atoms with E-state index in [0.29, 0.717) is 5.69 Å². The molecule has 1 aromatic heterocycles. The molecule has 0 amide bonds. The molecule has 0 atom stereocenters. The third-order valence-corrected chi connectivity index (χ3v) is 5.08. The Bertz CT molecular complexity index is 382. The first-order chi connectivity index (χ1) is 5.47. The molecule has 0 aliphatic heterocycles. The van der Waals surface area contributed by atoms with Gasteiger partial charge in [0.15, 0.2) is 14.3 Å². The molecular formula is C6H8ClNO2S2. The highest BCUT2D eigenvalue weighted by Crippen LogP contribution is 2.27. The average Bonchev–Trinajstić information content (AvgIpc) is 2.31. The highest BCUT2D eigenvalue weighted by molar-refractivity contribution is 7.93. The lowest BCUT2D eigenvalue weighted by molar-refractivity contribution is 0.598. The van der Waals surface area contributed by atoms with Crippen LogP contribution in [0.4, 0.5) is 0 Å². The number of sulfone groups is 1. The maximum absolute atomic E-state index is 11.3. The van der Waals surface area contributed by atoms with E-state index < -0.39 is 9.84 Å². The normalized spacial score (nSPS) is 11.9. The van der Waals surface area contributed by atoms with Gasteiger partial charge in [0.25, 0.3) is 0 Å². The fourth-order valence-electron chi connectivity index (χ4n) is 0.770. The van der Waals surface area contributed by atoms with Gasteiger partial charge in [-0.2, -0.15) is 0 Å². The summed E-state index contributed by atoms with van der Waals surface area (Å²) in [7, 11) is -3.14. The molecule has 0 aliphatic carbocycles. The summed E-state index contributed by atoms with van der Waals surface area (Å²) in [6.45, 7) is 3.24. The number of aryl methyl sites for hydroxylation is 1. The summed E-state index contributed by atoms with van der Waals surface area (Å²) in [4.78, 5) is 3.83. The van der Waals surface area contributed by atoms with Crippen molar-refractivity contribution in [2.45, 2.75) is 18.1 Å². The van der Waals surface area contributed by atoms with Crippen molar-refractivity contribution in [1.82, 2.24) is 4.98 Å². The smallest absolute Gasteiger partial charge is 0.189 e. The van der Waals surface area contributed by atoms with Crippen molar-refractivity contribution in [3.8, 4) is 0 Å². The van der Waals surface area contributed by atoms with Gasteiger partial charge in [-0.1, -0.05) is 29.9 Å². The zero-order valence-corrected chi connectivity index (χ0v) is 9.05. The van der Waals surface area contributed by atoms with E-state index in [0.717, 1.165) is 11.3 Å². The topological polar surface area (TPSA) is 47.0 Å². The molecule has 0 saturated carbocycles. The minimum atomic E-state index is -3.14. The predicted molar refractivity (Wildman–Crippen MR) is 49.6 cm³/mol. The van der Waals surface area contributed by atoms with E-state index in [-0.39, 0.29) is 14.4 Å². The zero-order valence-electron chi connectivity index (χ0n) is 6.67. The number of hydrogen-bond donors (Lipinski definition) is 0. The van der Waals surface area contributed by atoms with Crippen LogP contribution in [-0.2, 0) is 9.84 Å². The highest BCUT2D eigenvalue weighted by atomic mass is 35.5. The second kappa shape index (κ2) is 3.32. The molecule has 1 aromatic rings. The average molecular weight is 226 g/mol. The first kappa shape index (κ1) is 9.95. The number of aromatic nitrogens is 1. The van der Waals surface area contributed by atoms with Gasteiger partial charge in [0.2, 0.25) is 0 Å². The van der Waals surface area contributed by atoms with Crippen molar-refractivity contribution in [2.24, 2.45) is 0 Å². The highest BCUT2D eigenvalue weighted by Gasteiger charge is 2.18. The number of thiazole rings is 1. The lowest BCUT2D eigenvalue weighted by atomic mass is 10.6. The molecule has 0 aromatic carbocycles. The molecule has 68 valence electrons. The van der Waals surface area contributed by atoms with Gasteiger partial charge in [-0.3, -0.25) is 0 Å². The van der Waals surface area contributed by atoms with E-state index >= 15 is 0 Å². The lowest BCUT2D eigenvalue weighted by Crippen LogP contribution is -2.02. The molecule has 0 N–H and O–H groups in total. The van der Waals surface area contributed by atoms with Crippen LogP contribution in [0.1, 0.15) is 12.6 Å². The molecule has 0 fully saturated rings. The summed E-state index contributed by atoms with van der Waals surface area (Å²) in [5.74, 6) is 0.0896. The largest absolute Gasteiger partial charge is 0.229 e. The Balaban J connectivity index is 3.29. The first-order valence-electron chi connectivity index (χ1n) is 3.33. The van der Waals surface area contributed by atoms with E-state index in [1.807, 2.05) is 0 Å². The monoisotopic (exact) mass is 225 g/mol. The minimum Gasteiger partial charge on any atom is -0.229 e. The Labute approximate surface area is 80.3 Å². The van der Waals surface area contributed by atoms with Crippen molar-refractivity contribution >= 4 is 32.8 Å². The van der Waals surface area contributed by atoms with Gasteiger partial charge in [-0.15, -0.1) is 0 Å². The van der Waals surface area contributed by atoms with Gasteiger partial charge in [-0.25, -0.2) is 13.4 Å². The molecule has 0 saturated heterocycles. The molecule has 6 heteroatoms. The van der Waals surface area contributed by atoms with E-state index in [4.69, 9.17) is 11.6 Å². The molecule has 0 bridgehead atoms. The maximum Gasteiger partial charge on any atom is 0.189 e. The van der Waals surface area contributed by atoms with Gasteiger partial charge in [0.05, 0.1) is 11.4 Å². The SMILES string of the molecule is CCS(=O)(=O)c1sc(Cl)nc1C. The summed E-state index contributed by atoms with van der Waals surface area (Å²) in [5, 5.41) is 0. The summed E-state index contributed by atoms with van der Waals surface area (Å²) >= 11 is 6.58. The van der Waals surface area contributed by atoms with Crippen LogP contribution in [0.25, 0.3) is 0 Å². The van der Waals surface area contributed by atoms with Crippen LogP contribution < -0.4 is 0 Å². The van der Waals surface area contributed by atoms with Crippen LogP contribution in [0, 0.1) is 6.92 Å². The Morgan fingerprint density at radius 1 is 1.58 bits per heavy atom. The number of nitrogens with zero attached hydrogens (tertiary/aromatic N) is 1. The molecule has 12 heavy (non-hydrogen) atoms. The van der Waals surface area contributed by atoms with Gasteiger partial charge in [0.1, 0.15) is 4.21 Å². The number of halogens is 1. The molecule has 0 radical (unpaired) electrons. The molecule has 0 aliphatic rings. The number of hydrogen-bond acceptors (Lipinski definition) is 4. The quantitative estimate of drug-likeness (QED) is 0.773. The summed E-state index contributed by atoms with van der Waals surface area (Å²) in [5.41, 5.74) is 0.492. The van der Waals surface area contributed by atoms with E-state index in [2.05, 4.69) is 4.98 Å². The standard InChI is InChI=1S/C6H8ClNO2S2/c1-3-12(9,10)5-4(2)8-6(7)11-5/h3H2,1-2H3. The summed E-state index contributed by atoms with van der Waals surface area (Å²) < 4.78 is 23.3. The Kier molecular flexibility index (Phi) is 2.75. The molecule has 3 nitrogen and oxygen atoms in total. The molecule has 1 heterocycles. The van der Waals surface area contributed by atoms with Gasteiger partial charge < -0.3 is 0 Å². The van der Waals surface area contributed by atoms with Gasteiger partial charge >= 0.3 is 0 Å². The Morgan fingerprint density at radius 3 is 2.50 bits per heavy atom. The summed E-state index contributed by atoms with van der Waals surface area (Å²) in [6.07, 6.45) is 0. The van der Waals surface area contributed by atoms with Crippen molar-refractivity contribution in [1.29, 1.82) is 0 Å². The van der Waals surface area contributed by atoms with E-state index in [1.54, 1.807) is 13.8 Å². The lowest BCUT2D eigenvalue weighted by Gasteiger charge is -1.95. The maximum atomic E-state index is 11.3. The van der Waals surface area contributed by atoms with E-state index in [9.17, 15) is 8.42 Å². The number of rotatable bonds is 2. The fraction of sp³-hybridized carbons (Fsp3) is 0.500. The van der Waals surface area contributed by atoms with Gasteiger partial charge in [0, 0.05) is 0 Å². The van der Waals surface area contributed by atoms with Crippen LogP contribution in [0.3, 0.4) is 0 Å². The second-order valence-corrected chi connectivity index (χ2v) is 6.30. The Morgan fingerprint density at radius 2 is 2.17 bits per heavy atom. The first-order valence-corrected chi connectivity index (χ1v) is 6.17. The van der Waals surface area contributed by atoms with Crippen LogP contribution in [0.2, 0.25) is 4.47 Å². The van der Waals surface area contributed by atoms with Crippen LogP contribution >= 0.6 is 22.9 Å². The minimum absolute atomic E-state index is 0.0896. The molecule has 1 rings (SSSR count). The molecule has 0 spiro atoms. The van der Waals surface area contributed by atoms with Crippen LogP contribution in [-0.4, -0.2) is 19.2 Å². The van der Waals surface area contributed by atoms with Crippen LogP contribution in [0.15, 0.2) is 4.21 Å². The second-order valence-electron chi connectivity index (χ2n) is 2.24. The van der Waals surface area contributed by atoms with Crippen LogP contribution in [0.5, 0.6) is 0 Å². The van der Waals surface area contributed by atoms with E-state index in [1.165, 1.54) is 0 Å². The Hall–Kier alpha value is -0.130. The van der Waals surface area contributed by atoms with Crippen molar-refractivity contribution < 1.29 is 8.42 Å².